The number of carbonyl (C=O) groups is 1. The Balaban J connectivity index is 4.05. The number of ether oxygens (including phenoxy) is 1. The van der Waals surface area contributed by atoms with Crippen LogP contribution in [0.25, 0.3) is 0 Å². The highest BCUT2D eigenvalue weighted by Gasteiger charge is 2.14. The third-order valence-corrected chi connectivity index (χ3v) is 8.14. The van der Waals surface area contributed by atoms with Gasteiger partial charge in [0.05, 0.1) is 0 Å². The molecule has 264 valence electrons. The average Bonchev–Trinajstić information content (AvgIpc) is 3.04. The van der Waals surface area contributed by atoms with E-state index in [2.05, 4.69) is 106 Å². The molecule has 3 heteroatoms. The van der Waals surface area contributed by atoms with E-state index in [-0.39, 0.29) is 12.1 Å². The van der Waals surface area contributed by atoms with E-state index in [4.69, 9.17) is 4.74 Å². The predicted octanol–water partition coefficient (Wildman–Crippen LogP) is 13.2. The summed E-state index contributed by atoms with van der Waals surface area (Å²) in [7, 11) is 4.11. The second-order valence-electron chi connectivity index (χ2n) is 13.0. The van der Waals surface area contributed by atoms with Crippen LogP contribution in [-0.4, -0.2) is 37.6 Å². The summed E-state index contributed by atoms with van der Waals surface area (Å²) in [6, 6.07) is 0. The number of hydrogen-bond acceptors (Lipinski definition) is 3. The van der Waals surface area contributed by atoms with E-state index in [0.717, 1.165) is 64.3 Å². The Kier molecular flexibility index (Phi) is 35.6. The molecule has 0 amide bonds. The van der Waals surface area contributed by atoms with Gasteiger partial charge in [0.25, 0.3) is 0 Å². The van der Waals surface area contributed by atoms with E-state index in [0.29, 0.717) is 6.42 Å². The summed E-state index contributed by atoms with van der Waals surface area (Å²) in [5, 5.41) is 0. The summed E-state index contributed by atoms with van der Waals surface area (Å²) in [6.45, 7) is 5.29. The van der Waals surface area contributed by atoms with Gasteiger partial charge in [0.15, 0.2) is 0 Å². The Hall–Kier alpha value is -2.13. The molecule has 0 bridgehead atoms. The Morgan fingerprint density at radius 2 is 0.870 bits per heavy atom. The molecule has 0 aromatic rings. The highest BCUT2D eigenvalue weighted by Crippen LogP contribution is 2.18. The Morgan fingerprint density at radius 1 is 0.500 bits per heavy atom. The molecule has 0 aliphatic heterocycles. The van der Waals surface area contributed by atoms with Crippen LogP contribution in [0.4, 0.5) is 0 Å². The average molecular weight is 638 g/mol. The second kappa shape index (κ2) is 37.3. The lowest BCUT2D eigenvalue weighted by molar-refractivity contribution is -0.150. The second-order valence-corrected chi connectivity index (χ2v) is 13.0. The fourth-order valence-electron chi connectivity index (χ4n) is 5.38. The van der Waals surface area contributed by atoms with Crippen LogP contribution in [0.15, 0.2) is 72.9 Å². The molecule has 0 saturated heterocycles. The molecule has 0 N–H and O–H groups in total. The van der Waals surface area contributed by atoms with E-state index >= 15 is 0 Å². The standard InChI is InChI=1S/C43H75NO2/c1-5-7-9-11-13-15-17-19-21-23-25-27-29-31-33-35-38-42(46-43(45)40-37-41-44(3)4)39-36-34-32-30-28-26-24-22-20-18-16-14-12-10-8-6-2/h7-10,13-16,19-22,42H,5-6,11-12,17-18,23-41H2,1-4H3/b9-7+,10-8+,15-13+,16-14+,21-19+,22-20+. The van der Waals surface area contributed by atoms with Gasteiger partial charge in [-0.3, -0.25) is 4.79 Å². The van der Waals surface area contributed by atoms with Gasteiger partial charge < -0.3 is 9.64 Å². The molecule has 3 nitrogen and oxygen atoms in total. The first-order valence-electron chi connectivity index (χ1n) is 19.3. The van der Waals surface area contributed by atoms with Crippen molar-refractivity contribution in [3.63, 3.8) is 0 Å². The lowest BCUT2D eigenvalue weighted by Gasteiger charge is -2.18. The van der Waals surface area contributed by atoms with E-state index < -0.39 is 0 Å². The number of rotatable bonds is 33. The minimum atomic E-state index is 0.000557. The van der Waals surface area contributed by atoms with Crippen LogP contribution in [0.3, 0.4) is 0 Å². The molecule has 46 heavy (non-hydrogen) atoms. The zero-order chi connectivity index (χ0) is 33.6. The van der Waals surface area contributed by atoms with Gasteiger partial charge in [0.1, 0.15) is 6.10 Å². The number of allylic oxidation sites excluding steroid dienone is 12. The maximum Gasteiger partial charge on any atom is 0.306 e. The van der Waals surface area contributed by atoms with Crippen molar-refractivity contribution in [2.75, 3.05) is 20.6 Å². The molecule has 0 aromatic heterocycles. The maximum absolute atomic E-state index is 12.5. The summed E-state index contributed by atoms with van der Waals surface area (Å²) in [5.74, 6) is 0.000557. The molecule has 0 aliphatic carbocycles. The van der Waals surface area contributed by atoms with Crippen LogP contribution in [-0.2, 0) is 9.53 Å². The van der Waals surface area contributed by atoms with Crippen molar-refractivity contribution in [3.8, 4) is 0 Å². The molecule has 0 rings (SSSR count). The summed E-state index contributed by atoms with van der Waals surface area (Å²) in [6.07, 6.45) is 55.0. The number of unbranched alkanes of at least 4 members (excludes halogenated alkanes) is 12. The molecule has 0 heterocycles. The Morgan fingerprint density at radius 3 is 1.28 bits per heavy atom. The van der Waals surface area contributed by atoms with Gasteiger partial charge in [0.2, 0.25) is 0 Å². The smallest absolute Gasteiger partial charge is 0.306 e. The zero-order valence-corrected chi connectivity index (χ0v) is 30.9. The topological polar surface area (TPSA) is 29.5 Å². The lowest BCUT2D eigenvalue weighted by Crippen LogP contribution is -2.20. The SMILES string of the molecule is CC/C=C/C/C=C/C/C=C/CCCCCCCCC(CCCCCCCC/C=C/C/C=C/C/C=C/CC)OC(=O)CCCN(C)C. The molecular formula is C43H75NO2. The molecule has 0 atom stereocenters. The van der Waals surface area contributed by atoms with Crippen LogP contribution in [0.5, 0.6) is 0 Å². The van der Waals surface area contributed by atoms with Crippen molar-refractivity contribution >= 4 is 5.97 Å². The molecular weight excluding hydrogens is 562 g/mol. The van der Waals surface area contributed by atoms with E-state index in [1.54, 1.807) is 0 Å². The first-order valence-corrected chi connectivity index (χ1v) is 19.3. The van der Waals surface area contributed by atoms with Gasteiger partial charge in [-0.05, 0) is 117 Å². The molecule has 0 aromatic carbocycles. The zero-order valence-electron chi connectivity index (χ0n) is 30.9. The first kappa shape index (κ1) is 43.9. The van der Waals surface area contributed by atoms with Gasteiger partial charge in [-0.15, -0.1) is 0 Å². The number of hydrogen-bond donors (Lipinski definition) is 0. The quantitative estimate of drug-likeness (QED) is 0.0407. The van der Waals surface area contributed by atoms with Crippen LogP contribution in [0.1, 0.15) is 168 Å². The van der Waals surface area contributed by atoms with Crippen LogP contribution in [0, 0.1) is 0 Å². The van der Waals surface area contributed by atoms with Gasteiger partial charge in [-0.1, -0.05) is 138 Å². The minimum Gasteiger partial charge on any atom is -0.462 e. The Bertz CT molecular complexity index is 763. The van der Waals surface area contributed by atoms with E-state index in [1.165, 1.54) is 89.9 Å². The normalized spacial score (nSPS) is 12.7. The van der Waals surface area contributed by atoms with Crippen molar-refractivity contribution in [3.05, 3.63) is 72.9 Å². The monoisotopic (exact) mass is 638 g/mol. The molecule has 0 saturated carbocycles. The third kappa shape index (κ3) is 36.3. The largest absolute Gasteiger partial charge is 0.462 e. The number of carbonyl (C=O) groups excluding carboxylic acids is 1. The lowest BCUT2D eigenvalue weighted by atomic mass is 10.0. The van der Waals surface area contributed by atoms with Crippen LogP contribution >= 0.6 is 0 Å². The predicted molar refractivity (Wildman–Crippen MR) is 205 cm³/mol. The summed E-state index contributed by atoms with van der Waals surface area (Å²) in [5.41, 5.74) is 0. The van der Waals surface area contributed by atoms with Crippen molar-refractivity contribution in [2.24, 2.45) is 0 Å². The van der Waals surface area contributed by atoms with Gasteiger partial charge in [0, 0.05) is 6.42 Å². The van der Waals surface area contributed by atoms with Gasteiger partial charge in [-0.2, -0.15) is 0 Å². The summed E-state index contributed by atoms with van der Waals surface area (Å²) >= 11 is 0. The van der Waals surface area contributed by atoms with Crippen molar-refractivity contribution in [2.45, 2.75) is 174 Å². The van der Waals surface area contributed by atoms with Crippen LogP contribution < -0.4 is 0 Å². The highest BCUT2D eigenvalue weighted by atomic mass is 16.5. The van der Waals surface area contributed by atoms with Crippen molar-refractivity contribution in [1.82, 2.24) is 4.90 Å². The molecule has 0 fully saturated rings. The fourth-order valence-corrected chi connectivity index (χ4v) is 5.38. The van der Waals surface area contributed by atoms with Gasteiger partial charge in [-0.25, -0.2) is 0 Å². The van der Waals surface area contributed by atoms with Crippen LogP contribution in [0.2, 0.25) is 0 Å². The van der Waals surface area contributed by atoms with E-state index in [1.807, 2.05) is 0 Å². The summed E-state index contributed by atoms with van der Waals surface area (Å²) in [4.78, 5) is 14.6. The maximum atomic E-state index is 12.5. The summed E-state index contributed by atoms with van der Waals surface area (Å²) < 4.78 is 5.99. The van der Waals surface area contributed by atoms with E-state index in [9.17, 15) is 4.79 Å². The molecule has 0 unspecified atom stereocenters. The minimum absolute atomic E-state index is 0.000557. The van der Waals surface area contributed by atoms with Crippen molar-refractivity contribution < 1.29 is 9.53 Å². The number of esters is 1. The fraction of sp³-hybridized carbons (Fsp3) is 0.698. The molecule has 0 radical (unpaired) electrons. The third-order valence-electron chi connectivity index (χ3n) is 8.14. The Labute approximate surface area is 287 Å². The number of nitrogens with zero attached hydrogens (tertiary/aromatic N) is 1. The highest BCUT2D eigenvalue weighted by molar-refractivity contribution is 5.69. The molecule has 0 aliphatic rings. The van der Waals surface area contributed by atoms with Gasteiger partial charge >= 0.3 is 5.97 Å². The van der Waals surface area contributed by atoms with Crippen molar-refractivity contribution in [1.29, 1.82) is 0 Å². The first-order chi connectivity index (χ1) is 22.6. The molecule has 0 spiro atoms.